The van der Waals surface area contributed by atoms with Crippen LogP contribution in [0.4, 0.5) is 5.69 Å². The van der Waals surface area contributed by atoms with Crippen molar-refractivity contribution < 1.29 is 22.7 Å². The predicted octanol–water partition coefficient (Wildman–Crippen LogP) is 2.77. The number of esters is 1. The van der Waals surface area contributed by atoms with E-state index in [0.29, 0.717) is 0 Å². The highest BCUT2D eigenvalue weighted by Crippen LogP contribution is 2.24. The topological polar surface area (TPSA) is 92.8 Å². The molecule has 7 nitrogen and oxygen atoms in total. The molecule has 1 atom stereocenters. The third-order valence-corrected chi connectivity index (χ3v) is 5.30. The van der Waals surface area contributed by atoms with Crippen LogP contribution >= 0.6 is 11.6 Å². The number of likely N-dealkylation sites (N-methyl/N-ethyl adjacent to an activating group) is 1. The molecule has 9 heteroatoms. The lowest BCUT2D eigenvalue weighted by atomic mass is 10.2. The molecule has 0 unspecified atom stereocenters. The summed E-state index contributed by atoms with van der Waals surface area (Å²) in [5, 5.41) is 0.265. The zero-order valence-corrected chi connectivity index (χ0v) is 16.5. The number of carbonyl (C=O) groups is 2. The fraction of sp³-hybridized carbons (Fsp3) is 0.222. The Morgan fingerprint density at radius 1 is 1.07 bits per heavy atom. The number of para-hydroxylation sites is 1. The second kappa shape index (κ2) is 8.41. The van der Waals surface area contributed by atoms with Crippen molar-refractivity contribution in [3.63, 3.8) is 0 Å². The largest absolute Gasteiger partial charge is 0.449 e. The molecular formula is C18H19ClN2O5S. The number of nitrogens with zero attached hydrogens (tertiary/aromatic N) is 1. The van der Waals surface area contributed by atoms with Gasteiger partial charge in [0.1, 0.15) is 0 Å². The van der Waals surface area contributed by atoms with Crippen LogP contribution in [0.3, 0.4) is 0 Å². The molecule has 0 spiro atoms. The Hall–Kier alpha value is -2.58. The Kier molecular flexibility index (Phi) is 6.45. The summed E-state index contributed by atoms with van der Waals surface area (Å²) in [5.41, 5.74) is 0.378. The van der Waals surface area contributed by atoms with Gasteiger partial charge in [0, 0.05) is 14.1 Å². The van der Waals surface area contributed by atoms with Crippen molar-refractivity contribution in [3.05, 3.63) is 59.1 Å². The molecule has 0 aromatic heterocycles. The number of carbonyl (C=O) groups excluding carboxylic acids is 2. The van der Waals surface area contributed by atoms with Gasteiger partial charge >= 0.3 is 5.97 Å². The van der Waals surface area contributed by atoms with E-state index in [1.54, 1.807) is 32.3 Å². The van der Waals surface area contributed by atoms with Crippen molar-refractivity contribution in [1.29, 1.82) is 0 Å². The van der Waals surface area contributed by atoms with Crippen LogP contribution in [0.5, 0.6) is 0 Å². The number of amides is 1. The van der Waals surface area contributed by atoms with E-state index in [9.17, 15) is 18.0 Å². The van der Waals surface area contributed by atoms with Crippen molar-refractivity contribution >= 4 is 39.2 Å². The van der Waals surface area contributed by atoms with Crippen LogP contribution in [-0.2, 0) is 19.6 Å². The van der Waals surface area contributed by atoms with E-state index >= 15 is 0 Å². The molecule has 2 aromatic carbocycles. The number of rotatable bonds is 6. The van der Waals surface area contributed by atoms with Crippen LogP contribution in [0.2, 0.25) is 5.02 Å². The number of anilines is 1. The molecule has 0 saturated heterocycles. The standard InChI is InChI=1S/C18H19ClN2O5S/c1-12(17(22)21(2)3)26-18(23)13-8-10-14(11-9-13)27(24,25)20-16-7-5-4-6-15(16)19/h4-12,20H,1-3H3/t12-/m1/s1. The number of halogens is 1. The maximum absolute atomic E-state index is 12.4. The van der Waals surface area contributed by atoms with Crippen molar-refractivity contribution in [1.82, 2.24) is 4.90 Å². The zero-order valence-electron chi connectivity index (χ0n) is 15.0. The lowest BCUT2D eigenvalue weighted by Gasteiger charge is -2.17. The van der Waals surface area contributed by atoms with E-state index in [-0.39, 0.29) is 27.1 Å². The number of sulfonamides is 1. The summed E-state index contributed by atoms with van der Waals surface area (Å²) in [4.78, 5) is 25.1. The van der Waals surface area contributed by atoms with Gasteiger partial charge in [0.2, 0.25) is 0 Å². The minimum atomic E-state index is -3.87. The summed E-state index contributed by atoms with van der Waals surface area (Å²) in [6, 6.07) is 11.6. The second-order valence-corrected chi connectivity index (χ2v) is 7.98. The third-order valence-electron chi connectivity index (χ3n) is 3.59. The predicted molar refractivity (Wildman–Crippen MR) is 102 cm³/mol. The van der Waals surface area contributed by atoms with Crippen molar-refractivity contribution in [2.24, 2.45) is 0 Å². The number of benzene rings is 2. The highest BCUT2D eigenvalue weighted by atomic mass is 35.5. The minimum Gasteiger partial charge on any atom is -0.449 e. The van der Waals surface area contributed by atoms with Gasteiger partial charge in [-0.3, -0.25) is 9.52 Å². The van der Waals surface area contributed by atoms with Crippen LogP contribution in [0.25, 0.3) is 0 Å². The first-order valence-corrected chi connectivity index (χ1v) is 9.77. The number of nitrogens with one attached hydrogen (secondary N) is 1. The Labute approximate surface area is 162 Å². The summed E-state index contributed by atoms with van der Waals surface area (Å²) in [6.07, 6.45) is -0.946. The minimum absolute atomic E-state index is 0.0450. The highest BCUT2D eigenvalue weighted by molar-refractivity contribution is 7.92. The van der Waals surface area contributed by atoms with Crippen LogP contribution in [0.1, 0.15) is 17.3 Å². The first kappa shape index (κ1) is 20.7. The van der Waals surface area contributed by atoms with Gasteiger partial charge in [-0.25, -0.2) is 13.2 Å². The van der Waals surface area contributed by atoms with E-state index in [0.717, 1.165) is 0 Å². The Balaban J connectivity index is 2.13. The van der Waals surface area contributed by atoms with E-state index in [2.05, 4.69) is 4.72 Å². The molecule has 1 amide bonds. The highest BCUT2D eigenvalue weighted by Gasteiger charge is 2.21. The van der Waals surface area contributed by atoms with Gasteiger partial charge in [0.25, 0.3) is 15.9 Å². The van der Waals surface area contributed by atoms with Crippen molar-refractivity contribution in [2.75, 3.05) is 18.8 Å². The van der Waals surface area contributed by atoms with Gasteiger partial charge in [-0.15, -0.1) is 0 Å². The summed E-state index contributed by atoms with van der Waals surface area (Å²) in [7, 11) is -0.766. The molecule has 144 valence electrons. The summed E-state index contributed by atoms with van der Waals surface area (Å²) in [5.74, 6) is -1.08. The Morgan fingerprint density at radius 2 is 1.67 bits per heavy atom. The average molecular weight is 411 g/mol. The molecular weight excluding hydrogens is 392 g/mol. The van der Waals surface area contributed by atoms with E-state index in [4.69, 9.17) is 16.3 Å². The van der Waals surface area contributed by atoms with Crippen molar-refractivity contribution in [3.8, 4) is 0 Å². The number of hydrogen-bond donors (Lipinski definition) is 1. The zero-order chi connectivity index (χ0) is 20.2. The molecule has 0 bridgehead atoms. The molecule has 0 aliphatic heterocycles. The summed E-state index contributed by atoms with van der Waals surface area (Å²) >= 11 is 5.96. The monoisotopic (exact) mass is 410 g/mol. The second-order valence-electron chi connectivity index (χ2n) is 5.89. The van der Waals surface area contributed by atoms with Gasteiger partial charge in [-0.2, -0.15) is 0 Å². The van der Waals surface area contributed by atoms with Gasteiger partial charge in [0.15, 0.2) is 6.10 Å². The third kappa shape index (κ3) is 5.21. The smallest absolute Gasteiger partial charge is 0.338 e. The van der Waals surface area contributed by atoms with Crippen LogP contribution in [0.15, 0.2) is 53.4 Å². The summed E-state index contributed by atoms with van der Waals surface area (Å²) < 4.78 is 32.4. The molecule has 1 N–H and O–H groups in total. The molecule has 0 aliphatic rings. The maximum Gasteiger partial charge on any atom is 0.338 e. The van der Waals surface area contributed by atoms with Gasteiger partial charge in [0.05, 0.1) is 21.2 Å². The molecule has 0 fully saturated rings. The Morgan fingerprint density at radius 3 is 2.22 bits per heavy atom. The van der Waals surface area contributed by atoms with Gasteiger partial charge in [-0.05, 0) is 43.3 Å². The number of hydrogen-bond acceptors (Lipinski definition) is 5. The lowest BCUT2D eigenvalue weighted by molar-refractivity contribution is -0.137. The van der Waals surface area contributed by atoms with Crippen LogP contribution in [0, 0.1) is 0 Å². The van der Waals surface area contributed by atoms with Crippen molar-refractivity contribution in [2.45, 2.75) is 17.9 Å². The van der Waals surface area contributed by atoms with E-state index < -0.39 is 22.1 Å². The normalized spacial score (nSPS) is 12.1. The first-order valence-electron chi connectivity index (χ1n) is 7.91. The lowest BCUT2D eigenvalue weighted by Crippen LogP contribution is -2.34. The fourth-order valence-electron chi connectivity index (χ4n) is 2.16. The molecule has 27 heavy (non-hydrogen) atoms. The molecule has 2 aromatic rings. The van der Waals surface area contributed by atoms with Crippen LogP contribution in [-0.4, -0.2) is 45.4 Å². The quantitative estimate of drug-likeness (QED) is 0.739. The first-order chi connectivity index (χ1) is 12.6. The molecule has 0 radical (unpaired) electrons. The van der Waals surface area contributed by atoms with Crippen LogP contribution < -0.4 is 4.72 Å². The molecule has 0 saturated carbocycles. The van der Waals surface area contributed by atoms with E-state index in [1.165, 1.54) is 42.2 Å². The number of ether oxygens (including phenoxy) is 1. The molecule has 0 heterocycles. The van der Waals surface area contributed by atoms with Gasteiger partial charge in [-0.1, -0.05) is 23.7 Å². The average Bonchev–Trinajstić information content (AvgIpc) is 2.62. The SMILES string of the molecule is C[C@@H](OC(=O)c1ccc(S(=O)(=O)Nc2ccccc2Cl)cc1)C(=O)N(C)C. The Bertz CT molecular complexity index is 942. The maximum atomic E-state index is 12.4. The fourth-order valence-corrected chi connectivity index (χ4v) is 3.48. The van der Waals surface area contributed by atoms with E-state index in [1.807, 2.05) is 0 Å². The molecule has 2 rings (SSSR count). The van der Waals surface area contributed by atoms with Gasteiger partial charge < -0.3 is 9.64 Å². The summed E-state index contributed by atoms with van der Waals surface area (Å²) in [6.45, 7) is 1.46. The molecule has 0 aliphatic carbocycles.